The van der Waals surface area contributed by atoms with Gasteiger partial charge in [0.25, 0.3) is 0 Å². The second-order valence-electron chi connectivity index (χ2n) is 2.22. The quantitative estimate of drug-likeness (QED) is 0.334. The van der Waals surface area contributed by atoms with Crippen molar-refractivity contribution < 1.29 is 4.92 Å². The van der Waals surface area contributed by atoms with E-state index in [0.29, 0.717) is 13.0 Å². The van der Waals surface area contributed by atoms with Crippen molar-refractivity contribution in [1.82, 2.24) is 0 Å². The largest absolute Gasteiger partial charge is 0.324 e. The number of isothiocyanates is 1. The molecule has 0 amide bonds. The van der Waals surface area contributed by atoms with E-state index in [2.05, 4.69) is 22.4 Å². The van der Waals surface area contributed by atoms with Crippen molar-refractivity contribution >= 4 is 33.7 Å². The van der Waals surface area contributed by atoms with Crippen LogP contribution in [0.2, 0.25) is 0 Å². The Kier molecular flexibility index (Phi) is 3.70. The highest BCUT2D eigenvalue weighted by molar-refractivity contribution is 7.78. The van der Waals surface area contributed by atoms with Crippen LogP contribution in [0.1, 0.15) is 4.88 Å². The molecule has 0 radical (unpaired) electrons. The molecule has 0 bridgehead atoms. The Hall–Kier alpha value is -1.10. The standard InChI is InChI=1S/C7H6N2O2S2/c10-9(11)7-2-1-6(13-7)3-4-8-5-12/h1-2H,3-4H2. The lowest BCUT2D eigenvalue weighted by atomic mass is 10.3. The molecular weight excluding hydrogens is 208 g/mol. The molecular formula is C7H6N2O2S2. The van der Waals surface area contributed by atoms with Gasteiger partial charge < -0.3 is 0 Å². The highest BCUT2D eigenvalue weighted by atomic mass is 32.1. The molecule has 0 N–H and O–H groups in total. The van der Waals surface area contributed by atoms with Gasteiger partial charge in [0.2, 0.25) is 0 Å². The molecule has 1 aromatic heterocycles. The van der Waals surface area contributed by atoms with Gasteiger partial charge in [0.15, 0.2) is 0 Å². The first kappa shape index (κ1) is 9.98. The molecule has 0 aliphatic carbocycles. The Labute approximate surface area is 84.1 Å². The lowest BCUT2D eigenvalue weighted by Crippen LogP contribution is -1.83. The monoisotopic (exact) mass is 214 g/mol. The summed E-state index contributed by atoms with van der Waals surface area (Å²) in [6.07, 6.45) is 0.683. The fraction of sp³-hybridized carbons (Fsp3) is 0.286. The van der Waals surface area contributed by atoms with Crippen LogP contribution in [0.5, 0.6) is 0 Å². The summed E-state index contributed by atoms with van der Waals surface area (Å²) in [6, 6.07) is 3.24. The molecule has 0 saturated carbocycles. The van der Waals surface area contributed by atoms with Crippen molar-refractivity contribution in [3.8, 4) is 0 Å². The summed E-state index contributed by atoms with van der Waals surface area (Å²) < 4.78 is 0. The third kappa shape index (κ3) is 3.02. The number of hydrogen-bond acceptors (Lipinski definition) is 5. The van der Waals surface area contributed by atoms with Crippen molar-refractivity contribution in [2.75, 3.05) is 6.54 Å². The topological polar surface area (TPSA) is 55.5 Å². The maximum absolute atomic E-state index is 10.3. The van der Waals surface area contributed by atoms with Crippen LogP contribution in [0.25, 0.3) is 0 Å². The van der Waals surface area contributed by atoms with Gasteiger partial charge in [0.1, 0.15) is 0 Å². The fourth-order valence-corrected chi connectivity index (χ4v) is 1.71. The molecule has 6 heteroatoms. The van der Waals surface area contributed by atoms with Crippen LogP contribution < -0.4 is 0 Å². The molecule has 0 unspecified atom stereocenters. The lowest BCUT2D eigenvalue weighted by Gasteiger charge is -1.87. The molecule has 0 aliphatic heterocycles. The summed E-state index contributed by atoms with van der Waals surface area (Å²) >= 11 is 5.56. The summed E-state index contributed by atoms with van der Waals surface area (Å²) in [7, 11) is 0. The van der Waals surface area contributed by atoms with Gasteiger partial charge in [-0.05, 0) is 18.3 Å². The number of rotatable bonds is 4. The first-order chi connectivity index (χ1) is 6.24. The maximum atomic E-state index is 10.3. The fourth-order valence-electron chi connectivity index (χ4n) is 0.811. The van der Waals surface area contributed by atoms with Crippen LogP contribution in [-0.2, 0) is 6.42 Å². The zero-order chi connectivity index (χ0) is 9.68. The van der Waals surface area contributed by atoms with E-state index < -0.39 is 4.92 Å². The normalized spacial score (nSPS) is 9.23. The van der Waals surface area contributed by atoms with Crippen LogP contribution in [0, 0.1) is 10.1 Å². The summed E-state index contributed by atoms with van der Waals surface area (Å²) in [5.41, 5.74) is 0. The van der Waals surface area contributed by atoms with Crippen molar-refractivity contribution in [3.05, 3.63) is 27.1 Å². The number of thiocarbonyl (C=S) groups is 1. The molecule has 1 heterocycles. The molecule has 0 fully saturated rings. The van der Waals surface area contributed by atoms with Crippen LogP contribution >= 0.6 is 23.6 Å². The van der Waals surface area contributed by atoms with E-state index in [-0.39, 0.29) is 5.00 Å². The van der Waals surface area contributed by atoms with Gasteiger partial charge in [-0.15, -0.1) is 0 Å². The zero-order valence-electron chi connectivity index (χ0n) is 6.60. The van der Waals surface area contributed by atoms with Crippen LogP contribution in [-0.4, -0.2) is 16.6 Å². The number of thiophene rings is 1. The zero-order valence-corrected chi connectivity index (χ0v) is 8.23. The van der Waals surface area contributed by atoms with Crippen molar-refractivity contribution in [2.45, 2.75) is 6.42 Å². The first-order valence-corrected chi connectivity index (χ1v) is 4.73. The molecule has 0 atom stereocenters. The van der Waals surface area contributed by atoms with Gasteiger partial charge in [0.05, 0.1) is 16.6 Å². The van der Waals surface area contributed by atoms with E-state index in [0.717, 1.165) is 4.88 Å². The highest BCUT2D eigenvalue weighted by Gasteiger charge is 2.08. The van der Waals surface area contributed by atoms with Gasteiger partial charge >= 0.3 is 5.00 Å². The average Bonchev–Trinajstić information content (AvgIpc) is 2.53. The average molecular weight is 214 g/mol. The van der Waals surface area contributed by atoms with Crippen molar-refractivity contribution in [1.29, 1.82) is 0 Å². The van der Waals surface area contributed by atoms with Crippen molar-refractivity contribution in [2.24, 2.45) is 4.99 Å². The van der Waals surface area contributed by atoms with E-state index in [1.54, 1.807) is 6.07 Å². The van der Waals surface area contributed by atoms with E-state index in [9.17, 15) is 10.1 Å². The summed E-state index contributed by atoms with van der Waals surface area (Å²) in [5.74, 6) is 0. The smallest absolute Gasteiger partial charge is 0.258 e. The predicted molar refractivity (Wildman–Crippen MR) is 54.6 cm³/mol. The third-order valence-electron chi connectivity index (χ3n) is 1.36. The second-order valence-corrected chi connectivity index (χ2v) is 3.55. The second kappa shape index (κ2) is 4.81. The van der Waals surface area contributed by atoms with E-state index in [1.807, 2.05) is 0 Å². The Morgan fingerprint density at radius 2 is 2.46 bits per heavy atom. The Balaban J connectivity index is 2.58. The number of nitrogens with zero attached hydrogens (tertiary/aromatic N) is 2. The molecule has 0 aromatic carbocycles. The highest BCUT2D eigenvalue weighted by Crippen LogP contribution is 2.23. The van der Waals surface area contributed by atoms with Gasteiger partial charge in [-0.2, -0.15) is 0 Å². The van der Waals surface area contributed by atoms with Crippen LogP contribution in [0.4, 0.5) is 5.00 Å². The van der Waals surface area contributed by atoms with Crippen LogP contribution in [0.15, 0.2) is 17.1 Å². The molecule has 1 aromatic rings. The predicted octanol–water partition coefficient (Wildman–Crippen LogP) is 2.30. The summed E-state index contributed by atoms with van der Waals surface area (Å²) in [5, 5.41) is 12.7. The molecule has 4 nitrogen and oxygen atoms in total. The molecule has 68 valence electrons. The first-order valence-electron chi connectivity index (χ1n) is 3.51. The third-order valence-corrected chi connectivity index (χ3v) is 2.59. The molecule has 0 saturated heterocycles. The SMILES string of the molecule is O=[N+]([O-])c1ccc(CCN=C=S)s1. The minimum absolute atomic E-state index is 0.168. The van der Waals surface area contributed by atoms with Crippen LogP contribution in [0.3, 0.4) is 0 Å². The van der Waals surface area contributed by atoms with Crippen molar-refractivity contribution in [3.63, 3.8) is 0 Å². The van der Waals surface area contributed by atoms with Gasteiger partial charge in [-0.3, -0.25) is 10.1 Å². The maximum Gasteiger partial charge on any atom is 0.324 e. The molecule has 0 aliphatic rings. The van der Waals surface area contributed by atoms with E-state index in [4.69, 9.17) is 0 Å². The number of aliphatic imine (C=N–C) groups is 1. The van der Waals surface area contributed by atoms with Gasteiger partial charge in [-0.1, -0.05) is 11.3 Å². The van der Waals surface area contributed by atoms with E-state index >= 15 is 0 Å². The summed E-state index contributed by atoms with van der Waals surface area (Å²) in [6.45, 7) is 0.543. The summed E-state index contributed by atoms with van der Waals surface area (Å²) in [4.78, 5) is 14.6. The number of hydrogen-bond donors (Lipinski definition) is 0. The molecule has 0 spiro atoms. The Morgan fingerprint density at radius 1 is 1.69 bits per heavy atom. The molecule has 1 rings (SSSR count). The molecule has 13 heavy (non-hydrogen) atoms. The lowest BCUT2D eigenvalue weighted by molar-refractivity contribution is -0.380. The number of nitro groups is 1. The van der Waals surface area contributed by atoms with E-state index in [1.165, 1.54) is 17.4 Å². The Morgan fingerprint density at radius 3 is 3.00 bits per heavy atom. The minimum atomic E-state index is -0.392. The minimum Gasteiger partial charge on any atom is -0.258 e. The Bertz CT molecular complexity index is 355. The van der Waals surface area contributed by atoms with Gasteiger partial charge in [-0.25, -0.2) is 4.99 Å². The van der Waals surface area contributed by atoms with Gasteiger partial charge in [0, 0.05) is 17.4 Å².